The molecule has 0 aliphatic carbocycles. The summed E-state index contributed by atoms with van der Waals surface area (Å²) in [6.45, 7) is 14.0. The smallest absolute Gasteiger partial charge is 0.239 e. The molecule has 0 aliphatic heterocycles. The minimum absolute atomic E-state index is 0.126. The number of carbonyl (C=O) groups excluding carboxylic acids is 1. The summed E-state index contributed by atoms with van der Waals surface area (Å²) in [5, 5.41) is 3.20. The van der Waals surface area contributed by atoms with Gasteiger partial charge in [0.25, 0.3) is 0 Å². The van der Waals surface area contributed by atoms with E-state index in [1.807, 2.05) is 25.7 Å². The van der Waals surface area contributed by atoms with Gasteiger partial charge in [0.05, 0.1) is 12.6 Å². The number of likely N-dealkylation sites (N-methyl/N-ethyl adjacent to an activating group) is 1. The zero-order valence-electron chi connectivity index (χ0n) is 12.7. The highest BCUT2D eigenvalue weighted by molar-refractivity contribution is 5.81. The molecule has 0 spiro atoms. The first-order chi connectivity index (χ1) is 8.52. The molecule has 0 rings (SSSR count). The fourth-order valence-corrected chi connectivity index (χ4v) is 1.67. The molecule has 0 heterocycles. The molecule has 4 nitrogen and oxygen atoms in total. The van der Waals surface area contributed by atoms with Crippen LogP contribution in [0.4, 0.5) is 0 Å². The average molecular weight is 258 g/mol. The lowest BCUT2D eigenvalue weighted by Gasteiger charge is -2.23. The van der Waals surface area contributed by atoms with E-state index in [4.69, 9.17) is 4.74 Å². The van der Waals surface area contributed by atoms with Gasteiger partial charge in [-0.2, -0.15) is 0 Å². The molecule has 18 heavy (non-hydrogen) atoms. The summed E-state index contributed by atoms with van der Waals surface area (Å²) in [6, 6.07) is -0.126. The Morgan fingerprint density at radius 2 is 1.78 bits per heavy atom. The van der Waals surface area contributed by atoms with Crippen LogP contribution in [-0.2, 0) is 9.53 Å². The molecule has 0 aliphatic rings. The minimum Gasteiger partial charge on any atom is -0.380 e. The predicted octanol–water partition coefficient (Wildman–Crippen LogP) is 1.90. The number of nitrogens with one attached hydrogen (secondary N) is 1. The average Bonchev–Trinajstić information content (AvgIpc) is 2.34. The molecule has 0 fully saturated rings. The van der Waals surface area contributed by atoms with Crippen molar-refractivity contribution in [1.29, 1.82) is 0 Å². The van der Waals surface area contributed by atoms with Gasteiger partial charge < -0.3 is 15.0 Å². The molecule has 0 aromatic rings. The van der Waals surface area contributed by atoms with Crippen molar-refractivity contribution in [3.8, 4) is 0 Å². The Labute approximate surface area is 112 Å². The Hall–Kier alpha value is -0.610. The number of ether oxygens (including phenoxy) is 1. The van der Waals surface area contributed by atoms with Gasteiger partial charge in [0, 0.05) is 26.2 Å². The Morgan fingerprint density at radius 3 is 2.28 bits per heavy atom. The van der Waals surface area contributed by atoms with E-state index in [2.05, 4.69) is 19.2 Å². The number of rotatable bonds is 10. The molecule has 0 aromatic heterocycles. The molecule has 0 aromatic carbocycles. The number of hydrogen-bond acceptors (Lipinski definition) is 3. The lowest BCUT2D eigenvalue weighted by molar-refractivity contribution is -0.132. The molecule has 4 heteroatoms. The van der Waals surface area contributed by atoms with Gasteiger partial charge in [-0.25, -0.2) is 0 Å². The third-order valence-electron chi connectivity index (χ3n) is 2.98. The number of amides is 1. The van der Waals surface area contributed by atoms with E-state index in [1.165, 1.54) is 0 Å². The summed E-state index contributed by atoms with van der Waals surface area (Å²) in [7, 11) is 0. The number of hydrogen-bond donors (Lipinski definition) is 1. The first kappa shape index (κ1) is 17.4. The predicted molar refractivity (Wildman–Crippen MR) is 75.7 cm³/mol. The topological polar surface area (TPSA) is 41.6 Å². The van der Waals surface area contributed by atoms with Crippen molar-refractivity contribution < 1.29 is 9.53 Å². The Morgan fingerprint density at radius 1 is 1.17 bits per heavy atom. The van der Waals surface area contributed by atoms with Crippen molar-refractivity contribution >= 4 is 5.91 Å². The second-order valence-corrected chi connectivity index (χ2v) is 4.98. The molecule has 0 saturated heterocycles. The Balaban J connectivity index is 3.63. The molecule has 1 N–H and O–H groups in total. The molecule has 1 unspecified atom stereocenters. The maximum atomic E-state index is 11.9. The van der Waals surface area contributed by atoms with Crippen molar-refractivity contribution in [3.63, 3.8) is 0 Å². The summed E-state index contributed by atoms with van der Waals surface area (Å²) in [6.07, 6.45) is 1.09. The Bertz CT molecular complexity index is 216. The molecule has 1 amide bonds. The second kappa shape index (κ2) is 10.3. The van der Waals surface area contributed by atoms with Gasteiger partial charge in [-0.3, -0.25) is 4.79 Å². The molecule has 0 bridgehead atoms. The van der Waals surface area contributed by atoms with Crippen molar-refractivity contribution in [3.05, 3.63) is 0 Å². The summed E-state index contributed by atoms with van der Waals surface area (Å²) in [4.78, 5) is 13.8. The fourth-order valence-electron chi connectivity index (χ4n) is 1.67. The number of nitrogens with zero attached hydrogens (tertiary/aromatic N) is 1. The van der Waals surface area contributed by atoms with Gasteiger partial charge in [-0.1, -0.05) is 13.8 Å². The van der Waals surface area contributed by atoms with E-state index in [1.54, 1.807) is 0 Å². The lowest BCUT2D eigenvalue weighted by Crippen LogP contribution is -2.45. The highest BCUT2D eigenvalue weighted by Gasteiger charge is 2.16. The fraction of sp³-hybridized carbons (Fsp3) is 0.929. The standard InChI is InChI=1S/C14H30N2O2/c1-6-16(7-2)14(17)13(5)15-9-11-18-10-8-12(3)4/h12-13,15H,6-11H2,1-5H3. The lowest BCUT2D eigenvalue weighted by atomic mass is 10.1. The van der Waals surface area contributed by atoms with Crippen LogP contribution in [0.15, 0.2) is 0 Å². The molecule has 0 saturated carbocycles. The van der Waals surface area contributed by atoms with E-state index in [9.17, 15) is 4.79 Å². The van der Waals surface area contributed by atoms with Crippen LogP contribution in [0, 0.1) is 5.92 Å². The second-order valence-electron chi connectivity index (χ2n) is 4.98. The molecule has 1 atom stereocenters. The van der Waals surface area contributed by atoms with Crippen LogP contribution in [0.5, 0.6) is 0 Å². The van der Waals surface area contributed by atoms with E-state index in [0.717, 1.165) is 32.7 Å². The van der Waals surface area contributed by atoms with Crippen LogP contribution < -0.4 is 5.32 Å². The van der Waals surface area contributed by atoms with E-state index < -0.39 is 0 Å². The van der Waals surface area contributed by atoms with E-state index in [-0.39, 0.29) is 11.9 Å². The monoisotopic (exact) mass is 258 g/mol. The third kappa shape index (κ3) is 7.67. The van der Waals surface area contributed by atoms with Crippen LogP contribution in [0.2, 0.25) is 0 Å². The normalized spacial score (nSPS) is 12.8. The molecular formula is C14H30N2O2. The summed E-state index contributed by atoms with van der Waals surface area (Å²) < 4.78 is 5.50. The first-order valence-electron chi connectivity index (χ1n) is 7.12. The van der Waals surface area contributed by atoms with Gasteiger partial charge in [0.1, 0.15) is 0 Å². The van der Waals surface area contributed by atoms with Gasteiger partial charge >= 0.3 is 0 Å². The molecule has 108 valence electrons. The SMILES string of the molecule is CCN(CC)C(=O)C(C)NCCOCCC(C)C. The highest BCUT2D eigenvalue weighted by atomic mass is 16.5. The van der Waals surface area contributed by atoms with Gasteiger partial charge in [0.2, 0.25) is 5.91 Å². The van der Waals surface area contributed by atoms with E-state index in [0.29, 0.717) is 12.5 Å². The van der Waals surface area contributed by atoms with Crippen molar-refractivity contribution in [2.75, 3.05) is 32.8 Å². The van der Waals surface area contributed by atoms with Crippen molar-refractivity contribution in [2.24, 2.45) is 5.92 Å². The quantitative estimate of drug-likeness (QED) is 0.609. The minimum atomic E-state index is -0.126. The third-order valence-corrected chi connectivity index (χ3v) is 2.98. The molecule has 0 radical (unpaired) electrons. The zero-order chi connectivity index (χ0) is 14.0. The maximum absolute atomic E-state index is 11.9. The zero-order valence-corrected chi connectivity index (χ0v) is 12.7. The van der Waals surface area contributed by atoms with Crippen molar-refractivity contribution in [1.82, 2.24) is 10.2 Å². The number of carbonyl (C=O) groups is 1. The van der Waals surface area contributed by atoms with Crippen LogP contribution in [0.1, 0.15) is 41.0 Å². The summed E-state index contributed by atoms with van der Waals surface area (Å²) in [5.41, 5.74) is 0. The largest absolute Gasteiger partial charge is 0.380 e. The van der Waals surface area contributed by atoms with Crippen LogP contribution in [0.25, 0.3) is 0 Å². The summed E-state index contributed by atoms with van der Waals surface area (Å²) >= 11 is 0. The van der Waals surface area contributed by atoms with Crippen LogP contribution in [0.3, 0.4) is 0 Å². The van der Waals surface area contributed by atoms with E-state index >= 15 is 0 Å². The Kier molecular flexibility index (Phi) is 9.98. The maximum Gasteiger partial charge on any atom is 0.239 e. The van der Waals surface area contributed by atoms with Gasteiger partial charge in [0.15, 0.2) is 0 Å². The van der Waals surface area contributed by atoms with Crippen LogP contribution >= 0.6 is 0 Å². The van der Waals surface area contributed by atoms with Crippen molar-refractivity contribution in [2.45, 2.75) is 47.1 Å². The van der Waals surface area contributed by atoms with Gasteiger partial charge in [-0.15, -0.1) is 0 Å². The highest BCUT2D eigenvalue weighted by Crippen LogP contribution is 1.98. The first-order valence-corrected chi connectivity index (χ1v) is 7.12. The van der Waals surface area contributed by atoms with Gasteiger partial charge in [-0.05, 0) is 33.1 Å². The van der Waals surface area contributed by atoms with Crippen LogP contribution in [-0.4, -0.2) is 49.7 Å². The molecular weight excluding hydrogens is 228 g/mol. The summed E-state index contributed by atoms with van der Waals surface area (Å²) in [5.74, 6) is 0.850.